The van der Waals surface area contributed by atoms with Gasteiger partial charge in [-0.25, -0.2) is 0 Å². The van der Waals surface area contributed by atoms with E-state index in [2.05, 4.69) is 26.0 Å². The minimum atomic E-state index is -0.0320. The van der Waals surface area contributed by atoms with E-state index in [1.165, 1.54) is 0 Å². The summed E-state index contributed by atoms with van der Waals surface area (Å²) in [5.41, 5.74) is 1.77. The van der Waals surface area contributed by atoms with Gasteiger partial charge in [0, 0.05) is 37.2 Å². The van der Waals surface area contributed by atoms with Gasteiger partial charge in [0.2, 0.25) is 5.91 Å². The Morgan fingerprint density at radius 3 is 2.38 bits per heavy atom. The summed E-state index contributed by atoms with van der Waals surface area (Å²) in [6.45, 7) is 5.94. The fraction of sp³-hybridized carbons (Fsp3) is 0.417. The largest absolute Gasteiger partial charge is 0.497 e. The molecule has 0 saturated carbocycles. The molecule has 5 nitrogen and oxygen atoms in total. The molecule has 1 aliphatic heterocycles. The van der Waals surface area contributed by atoms with Crippen molar-refractivity contribution in [2.24, 2.45) is 5.92 Å². The van der Waals surface area contributed by atoms with Gasteiger partial charge in [-0.3, -0.25) is 9.59 Å². The topological polar surface area (TPSA) is 49.9 Å². The summed E-state index contributed by atoms with van der Waals surface area (Å²) in [6.07, 6.45) is 1.40. The molecule has 2 aromatic carbocycles. The molecule has 2 amide bonds. The monoisotopic (exact) mass is 394 g/mol. The normalized spacial score (nSPS) is 14.7. The number of piperidine rings is 1. The molecule has 5 heteroatoms. The van der Waals surface area contributed by atoms with Crippen LogP contribution in [-0.4, -0.2) is 47.9 Å². The van der Waals surface area contributed by atoms with E-state index in [-0.39, 0.29) is 23.8 Å². The van der Waals surface area contributed by atoms with E-state index in [1.54, 1.807) is 13.2 Å². The predicted molar refractivity (Wildman–Crippen MR) is 114 cm³/mol. The Kier molecular flexibility index (Phi) is 6.91. The zero-order valence-electron chi connectivity index (χ0n) is 17.5. The van der Waals surface area contributed by atoms with Gasteiger partial charge < -0.3 is 14.5 Å². The summed E-state index contributed by atoms with van der Waals surface area (Å²) < 4.78 is 5.22. The van der Waals surface area contributed by atoms with Crippen molar-refractivity contribution in [2.45, 2.75) is 39.3 Å². The van der Waals surface area contributed by atoms with Gasteiger partial charge in [0.1, 0.15) is 5.75 Å². The number of benzene rings is 2. The molecule has 0 bridgehead atoms. The number of rotatable bonds is 6. The summed E-state index contributed by atoms with van der Waals surface area (Å²) in [7, 11) is 1.59. The molecule has 2 aromatic rings. The lowest BCUT2D eigenvalue weighted by Gasteiger charge is -2.36. The molecular formula is C24H30N2O3. The van der Waals surface area contributed by atoms with Gasteiger partial charge in [-0.15, -0.1) is 0 Å². The lowest BCUT2D eigenvalue weighted by molar-refractivity contribution is -0.139. The van der Waals surface area contributed by atoms with Crippen LogP contribution >= 0.6 is 0 Å². The second-order valence-electron chi connectivity index (χ2n) is 7.84. The first kappa shape index (κ1) is 20.9. The standard InChI is InChI=1S/C24H30N2O3/c1-18(2)26(17-19-8-5-4-6-9-19)24(28)20-12-14-25(15-13-20)23(27)21-10-7-11-22(16-21)29-3/h4-11,16,18,20H,12-15,17H2,1-3H3. The van der Waals surface area contributed by atoms with E-state index < -0.39 is 0 Å². The van der Waals surface area contributed by atoms with Gasteiger partial charge in [-0.1, -0.05) is 36.4 Å². The summed E-state index contributed by atoms with van der Waals surface area (Å²) in [5.74, 6) is 0.835. The number of likely N-dealkylation sites (tertiary alicyclic amines) is 1. The number of hydrogen-bond donors (Lipinski definition) is 0. The molecule has 0 N–H and O–H groups in total. The molecule has 1 aliphatic rings. The molecule has 0 atom stereocenters. The first-order valence-corrected chi connectivity index (χ1v) is 10.3. The van der Waals surface area contributed by atoms with Crippen LogP contribution in [0.25, 0.3) is 0 Å². The zero-order valence-corrected chi connectivity index (χ0v) is 17.5. The highest BCUT2D eigenvalue weighted by atomic mass is 16.5. The molecular weight excluding hydrogens is 364 g/mol. The van der Waals surface area contributed by atoms with Gasteiger partial charge >= 0.3 is 0 Å². The molecule has 0 aliphatic carbocycles. The van der Waals surface area contributed by atoms with Crippen molar-refractivity contribution >= 4 is 11.8 Å². The number of methoxy groups -OCH3 is 1. The van der Waals surface area contributed by atoms with Crippen LogP contribution in [0.4, 0.5) is 0 Å². The van der Waals surface area contributed by atoms with Crippen LogP contribution < -0.4 is 4.74 Å². The highest BCUT2D eigenvalue weighted by Gasteiger charge is 2.31. The van der Waals surface area contributed by atoms with Crippen LogP contribution in [-0.2, 0) is 11.3 Å². The van der Waals surface area contributed by atoms with E-state index in [1.807, 2.05) is 46.2 Å². The first-order chi connectivity index (χ1) is 14.0. The lowest BCUT2D eigenvalue weighted by Crippen LogP contribution is -2.46. The van der Waals surface area contributed by atoms with Gasteiger partial charge in [0.05, 0.1) is 7.11 Å². The minimum Gasteiger partial charge on any atom is -0.497 e. The van der Waals surface area contributed by atoms with Crippen LogP contribution in [0.3, 0.4) is 0 Å². The van der Waals surface area contributed by atoms with E-state index in [4.69, 9.17) is 4.74 Å². The number of carbonyl (C=O) groups is 2. The van der Waals surface area contributed by atoms with Crippen LogP contribution in [0.1, 0.15) is 42.6 Å². The van der Waals surface area contributed by atoms with Crippen LogP contribution in [0, 0.1) is 5.92 Å². The van der Waals surface area contributed by atoms with E-state index in [0.29, 0.717) is 43.8 Å². The average Bonchev–Trinajstić information content (AvgIpc) is 2.77. The summed E-state index contributed by atoms with van der Waals surface area (Å²) in [4.78, 5) is 29.8. The van der Waals surface area contributed by atoms with Gasteiger partial charge in [-0.2, -0.15) is 0 Å². The van der Waals surface area contributed by atoms with Crippen molar-refractivity contribution < 1.29 is 14.3 Å². The molecule has 29 heavy (non-hydrogen) atoms. The van der Waals surface area contributed by atoms with Crippen molar-refractivity contribution in [1.29, 1.82) is 0 Å². The fourth-order valence-corrected chi connectivity index (χ4v) is 3.80. The number of hydrogen-bond acceptors (Lipinski definition) is 3. The maximum atomic E-state index is 13.2. The molecule has 1 fully saturated rings. The third-order valence-electron chi connectivity index (χ3n) is 5.55. The maximum absolute atomic E-state index is 13.2. The first-order valence-electron chi connectivity index (χ1n) is 10.3. The second kappa shape index (κ2) is 9.59. The third kappa shape index (κ3) is 5.17. The SMILES string of the molecule is COc1cccc(C(=O)N2CCC(C(=O)N(Cc3ccccc3)C(C)C)CC2)c1. The Bertz CT molecular complexity index is 827. The van der Waals surface area contributed by atoms with Crippen molar-refractivity contribution in [3.05, 3.63) is 65.7 Å². The molecule has 0 radical (unpaired) electrons. The number of amides is 2. The summed E-state index contributed by atoms with van der Waals surface area (Å²) in [6, 6.07) is 17.5. The van der Waals surface area contributed by atoms with Crippen LogP contribution in [0.2, 0.25) is 0 Å². The van der Waals surface area contributed by atoms with E-state index in [0.717, 1.165) is 5.56 Å². The smallest absolute Gasteiger partial charge is 0.253 e. The second-order valence-corrected chi connectivity index (χ2v) is 7.84. The van der Waals surface area contributed by atoms with Gasteiger partial charge in [-0.05, 0) is 50.5 Å². The van der Waals surface area contributed by atoms with Gasteiger partial charge in [0.25, 0.3) is 5.91 Å². The van der Waals surface area contributed by atoms with Crippen molar-refractivity contribution in [3.63, 3.8) is 0 Å². The lowest BCUT2D eigenvalue weighted by atomic mass is 9.94. The van der Waals surface area contributed by atoms with Crippen molar-refractivity contribution in [3.8, 4) is 5.75 Å². The average molecular weight is 395 g/mol. The molecule has 154 valence electrons. The van der Waals surface area contributed by atoms with Crippen molar-refractivity contribution in [1.82, 2.24) is 9.80 Å². The van der Waals surface area contributed by atoms with Crippen LogP contribution in [0.5, 0.6) is 5.75 Å². The molecule has 1 saturated heterocycles. The number of nitrogens with zero attached hydrogens (tertiary/aromatic N) is 2. The summed E-state index contributed by atoms with van der Waals surface area (Å²) in [5, 5.41) is 0. The maximum Gasteiger partial charge on any atom is 0.253 e. The molecule has 1 heterocycles. The predicted octanol–water partition coefficient (Wildman–Crippen LogP) is 3.98. The molecule has 3 rings (SSSR count). The third-order valence-corrected chi connectivity index (χ3v) is 5.55. The van der Waals surface area contributed by atoms with E-state index >= 15 is 0 Å². The fourth-order valence-electron chi connectivity index (χ4n) is 3.80. The van der Waals surface area contributed by atoms with E-state index in [9.17, 15) is 9.59 Å². The zero-order chi connectivity index (χ0) is 20.8. The van der Waals surface area contributed by atoms with Crippen molar-refractivity contribution in [2.75, 3.05) is 20.2 Å². The molecule has 0 unspecified atom stereocenters. The minimum absolute atomic E-state index is 0.000185. The quantitative estimate of drug-likeness (QED) is 0.745. The summed E-state index contributed by atoms with van der Waals surface area (Å²) >= 11 is 0. The Morgan fingerprint density at radius 2 is 1.76 bits per heavy atom. The Morgan fingerprint density at radius 1 is 1.07 bits per heavy atom. The highest BCUT2D eigenvalue weighted by Crippen LogP contribution is 2.24. The Hall–Kier alpha value is -2.82. The number of ether oxygens (including phenoxy) is 1. The Labute approximate surface area is 173 Å². The van der Waals surface area contributed by atoms with Crippen LogP contribution in [0.15, 0.2) is 54.6 Å². The highest BCUT2D eigenvalue weighted by molar-refractivity contribution is 5.94. The van der Waals surface area contributed by atoms with Gasteiger partial charge in [0.15, 0.2) is 0 Å². The molecule has 0 aromatic heterocycles. The number of carbonyl (C=O) groups excluding carboxylic acids is 2. The Balaban J connectivity index is 1.61. The molecule has 0 spiro atoms.